The third kappa shape index (κ3) is 3.44. The van der Waals surface area contributed by atoms with E-state index >= 15 is 0 Å². The molecule has 0 atom stereocenters. The molecule has 1 saturated heterocycles. The molecule has 0 saturated carbocycles. The average molecular weight is 254 g/mol. The van der Waals surface area contributed by atoms with E-state index in [0.717, 1.165) is 13.0 Å². The van der Waals surface area contributed by atoms with Crippen molar-refractivity contribution in [1.82, 2.24) is 9.80 Å². The van der Waals surface area contributed by atoms with Crippen molar-refractivity contribution in [2.45, 2.75) is 6.42 Å². The first-order valence-electron chi connectivity index (χ1n) is 5.87. The van der Waals surface area contributed by atoms with Crippen LogP contribution in [-0.4, -0.2) is 55.7 Å². The zero-order chi connectivity index (χ0) is 12.1. The van der Waals surface area contributed by atoms with Crippen LogP contribution in [0.1, 0.15) is 4.88 Å². The van der Waals surface area contributed by atoms with E-state index < -0.39 is 0 Å². The zero-order valence-electron chi connectivity index (χ0n) is 10.1. The van der Waals surface area contributed by atoms with Crippen LogP contribution in [0, 0.1) is 0 Å². The lowest BCUT2D eigenvalue weighted by atomic mass is 10.3. The second kappa shape index (κ2) is 6.02. The fourth-order valence-corrected chi connectivity index (χ4v) is 2.52. The molecule has 5 heteroatoms. The molecule has 2 heterocycles. The van der Waals surface area contributed by atoms with Crippen molar-refractivity contribution in [1.29, 1.82) is 0 Å². The number of amides is 2. The molecule has 17 heavy (non-hydrogen) atoms. The number of likely N-dealkylation sites (N-methyl/N-ethyl adjacent to an activating group) is 1. The molecule has 0 aromatic carbocycles. The number of urea groups is 1. The van der Waals surface area contributed by atoms with Gasteiger partial charge in [-0.1, -0.05) is 6.07 Å². The average Bonchev–Trinajstić information content (AvgIpc) is 2.89. The van der Waals surface area contributed by atoms with Crippen LogP contribution in [0.2, 0.25) is 0 Å². The predicted molar refractivity (Wildman–Crippen MR) is 68.4 cm³/mol. The number of hydrogen-bond acceptors (Lipinski definition) is 3. The fourth-order valence-electron chi connectivity index (χ4n) is 1.82. The van der Waals surface area contributed by atoms with E-state index in [-0.39, 0.29) is 6.03 Å². The van der Waals surface area contributed by atoms with E-state index in [2.05, 4.69) is 11.4 Å². The Hall–Kier alpha value is -1.07. The van der Waals surface area contributed by atoms with Crippen molar-refractivity contribution in [2.75, 3.05) is 39.9 Å². The molecule has 0 bridgehead atoms. The molecule has 94 valence electrons. The molecule has 2 amide bonds. The van der Waals surface area contributed by atoms with Gasteiger partial charge in [-0.3, -0.25) is 0 Å². The van der Waals surface area contributed by atoms with Gasteiger partial charge < -0.3 is 14.5 Å². The molecule has 0 unspecified atom stereocenters. The number of ether oxygens (including phenoxy) is 1. The van der Waals surface area contributed by atoms with Gasteiger partial charge in [-0.2, -0.15) is 0 Å². The van der Waals surface area contributed by atoms with Crippen molar-refractivity contribution in [2.24, 2.45) is 0 Å². The van der Waals surface area contributed by atoms with Gasteiger partial charge in [-0.05, 0) is 17.9 Å². The van der Waals surface area contributed by atoms with E-state index in [4.69, 9.17) is 4.74 Å². The van der Waals surface area contributed by atoms with Gasteiger partial charge in [0.1, 0.15) is 0 Å². The Bertz CT molecular complexity index is 347. The van der Waals surface area contributed by atoms with Gasteiger partial charge in [0, 0.05) is 31.6 Å². The highest BCUT2D eigenvalue weighted by atomic mass is 32.1. The number of hydrogen-bond donors (Lipinski definition) is 0. The Morgan fingerprint density at radius 3 is 2.94 bits per heavy atom. The normalized spacial score (nSPS) is 15.9. The van der Waals surface area contributed by atoms with Crippen molar-refractivity contribution in [3.8, 4) is 0 Å². The largest absolute Gasteiger partial charge is 0.378 e. The van der Waals surface area contributed by atoms with E-state index in [1.54, 1.807) is 16.2 Å². The predicted octanol–water partition coefficient (Wildman–Crippen LogP) is 1.67. The summed E-state index contributed by atoms with van der Waals surface area (Å²) in [6, 6.07) is 4.27. The number of thiophene rings is 1. The summed E-state index contributed by atoms with van der Waals surface area (Å²) in [4.78, 5) is 17.0. The second-order valence-electron chi connectivity index (χ2n) is 4.13. The maximum atomic E-state index is 12.1. The third-order valence-corrected chi connectivity index (χ3v) is 3.82. The Labute approximate surface area is 106 Å². The van der Waals surface area contributed by atoms with E-state index in [1.807, 2.05) is 18.0 Å². The molecule has 1 aliphatic heterocycles. The summed E-state index contributed by atoms with van der Waals surface area (Å²) in [5.41, 5.74) is 0. The maximum absolute atomic E-state index is 12.1. The summed E-state index contributed by atoms with van der Waals surface area (Å²) in [6.07, 6.45) is 0.935. The molecule has 1 aromatic heterocycles. The van der Waals surface area contributed by atoms with Gasteiger partial charge in [0.05, 0.1) is 13.2 Å². The topological polar surface area (TPSA) is 32.8 Å². The number of nitrogens with zero attached hydrogens (tertiary/aromatic N) is 2. The minimum Gasteiger partial charge on any atom is -0.378 e. The first kappa shape index (κ1) is 12.4. The first-order valence-corrected chi connectivity index (χ1v) is 6.75. The molecule has 2 rings (SSSR count). The highest BCUT2D eigenvalue weighted by molar-refractivity contribution is 7.09. The van der Waals surface area contributed by atoms with Crippen molar-refractivity contribution in [3.63, 3.8) is 0 Å². The monoisotopic (exact) mass is 254 g/mol. The molecule has 0 spiro atoms. The van der Waals surface area contributed by atoms with Crippen molar-refractivity contribution in [3.05, 3.63) is 22.4 Å². The number of morpholine rings is 1. The molecular formula is C12H18N2O2S. The molecule has 4 nitrogen and oxygen atoms in total. The minimum absolute atomic E-state index is 0.116. The van der Waals surface area contributed by atoms with Crippen LogP contribution >= 0.6 is 11.3 Å². The lowest BCUT2D eigenvalue weighted by Gasteiger charge is -2.30. The zero-order valence-corrected chi connectivity index (χ0v) is 10.9. The summed E-state index contributed by atoms with van der Waals surface area (Å²) in [5, 5.41) is 2.07. The van der Waals surface area contributed by atoms with Crippen LogP contribution in [0.4, 0.5) is 4.79 Å². The SMILES string of the molecule is CN(CCc1cccs1)C(=O)N1CCOCC1. The lowest BCUT2D eigenvalue weighted by Crippen LogP contribution is -2.47. The van der Waals surface area contributed by atoms with E-state index in [1.165, 1.54) is 4.88 Å². The standard InChI is InChI=1S/C12H18N2O2S/c1-13(5-4-11-3-2-10-17-11)12(15)14-6-8-16-9-7-14/h2-3,10H,4-9H2,1H3. The van der Waals surface area contributed by atoms with Crippen molar-refractivity contribution >= 4 is 17.4 Å². The minimum atomic E-state index is 0.116. The second-order valence-corrected chi connectivity index (χ2v) is 5.17. The Morgan fingerprint density at radius 2 is 2.29 bits per heavy atom. The number of carbonyl (C=O) groups is 1. The summed E-state index contributed by atoms with van der Waals surface area (Å²) in [5.74, 6) is 0. The van der Waals surface area contributed by atoms with Crippen LogP contribution < -0.4 is 0 Å². The van der Waals surface area contributed by atoms with Crippen LogP contribution in [-0.2, 0) is 11.2 Å². The van der Waals surface area contributed by atoms with Gasteiger partial charge in [0.2, 0.25) is 0 Å². The molecule has 1 aromatic rings. The van der Waals surface area contributed by atoms with Crippen LogP contribution in [0.15, 0.2) is 17.5 Å². The van der Waals surface area contributed by atoms with Crippen molar-refractivity contribution < 1.29 is 9.53 Å². The van der Waals surface area contributed by atoms with Gasteiger partial charge in [-0.15, -0.1) is 11.3 Å². The molecular weight excluding hydrogens is 236 g/mol. The quantitative estimate of drug-likeness (QED) is 0.822. The van der Waals surface area contributed by atoms with Crippen LogP contribution in [0.3, 0.4) is 0 Å². The molecule has 0 radical (unpaired) electrons. The summed E-state index contributed by atoms with van der Waals surface area (Å²) in [6.45, 7) is 3.51. The Kier molecular flexibility index (Phi) is 4.39. The third-order valence-electron chi connectivity index (χ3n) is 2.88. The maximum Gasteiger partial charge on any atom is 0.319 e. The fraction of sp³-hybridized carbons (Fsp3) is 0.583. The Balaban J connectivity index is 1.78. The summed E-state index contributed by atoms with van der Waals surface area (Å²) < 4.78 is 5.24. The number of rotatable bonds is 3. The molecule has 1 fully saturated rings. The number of carbonyl (C=O) groups excluding carboxylic acids is 1. The van der Waals surface area contributed by atoms with E-state index in [9.17, 15) is 4.79 Å². The van der Waals surface area contributed by atoms with E-state index in [0.29, 0.717) is 26.3 Å². The molecule has 0 aliphatic carbocycles. The lowest BCUT2D eigenvalue weighted by molar-refractivity contribution is 0.0454. The van der Waals surface area contributed by atoms with Crippen LogP contribution in [0.5, 0.6) is 0 Å². The van der Waals surface area contributed by atoms with Crippen LogP contribution in [0.25, 0.3) is 0 Å². The van der Waals surface area contributed by atoms with Gasteiger partial charge in [0.15, 0.2) is 0 Å². The highest BCUT2D eigenvalue weighted by Crippen LogP contribution is 2.10. The molecule has 0 N–H and O–H groups in total. The molecule has 1 aliphatic rings. The first-order chi connectivity index (χ1) is 8.27. The smallest absolute Gasteiger partial charge is 0.319 e. The summed E-state index contributed by atoms with van der Waals surface area (Å²) >= 11 is 1.74. The van der Waals surface area contributed by atoms with Gasteiger partial charge >= 0.3 is 6.03 Å². The van der Waals surface area contributed by atoms with Gasteiger partial charge in [-0.25, -0.2) is 4.79 Å². The highest BCUT2D eigenvalue weighted by Gasteiger charge is 2.19. The Morgan fingerprint density at radius 1 is 1.53 bits per heavy atom. The summed E-state index contributed by atoms with van der Waals surface area (Å²) in [7, 11) is 1.87. The van der Waals surface area contributed by atoms with Gasteiger partial charge in [0.25, 0.3) is 0 Å².